The zero-order valence-electron chi connectivity index (χ0n) is 12.5. The van der Waals surface area contributed by atoms with Gasteiger partial charge in [0.05, 0.1) is 25.7 Å². The first-order valence-electron chi connectivity index (χ1n) is 7.10. The van der Waals surface area contributed by atoms with Crippen LogP contribution in [0.25, 0.3) is 0 Å². The number of halogens is 2. The van der Waals surface area contributed by atoms with Gasteiger partial charge in [-0.25, -0.2) is 8.78 Å². The van der Waals surface area contributed by atoms with Gasteiger partial charge in [0.1, 0.15) is 5.75 Å². The summed E-state index contributed by atoms with van der Waals surface area (Å²) in [6, 6.07) is 2.40. The smallest absolute Gasteiger partial charge is 0.305 e. The van der Waals surface area contributed by atoms with Crippen molar-refractivity contribution in [3.05, 3.63) is 29.8 Å². The molecule has 1 aliphatic heterocycles. The van der Waals surface area contributed by atoms with E-state index >= 15 is 0 Å². The Morgan fingerprint density at radius 3 is 2.83 bits per heavy atom. The molecule has 23 heavy (non-hydrogen) atoms. The molecule has 0 saturated carbocycles. The fourth-order valence-electron chi connectivity index (χ4n) is 2.35. The van der Waals surface area contributed by atoms with Gasteiger partial charge in [-0.05, 0) is 19.1 Å². The second-order valence-electron chi connectivity index (χ2n) is 5.19. The van der Waals surface area contributed by atoms with E-state index in [9.17, 15) is 18.4 Å². The first-order valence-corrected chi connectivity index (χ1v) is 7.10. The fourth-order valence-corrected chi connectivity index (χ4v) is 2.35. The van der Waals surface area contributed by atoms with Crippen LogP contribution in [0.3, 0.4) is 0 Å². The summed E-state index contributed by atoms with van der Waals surface area (Å²) in [5.41, 5.74) is 0. The van der Waals surface area contributed by atoms with Crippen LogP contribution >= 0.6 is 0 Å². The van der Waals surface area contributed by atoms with Crippen molar-refractivity contribution in [2.45, 2.75) is 25.5 Å². The van der Waals surface area contributed by atoms with Crippen LogP contribution in [0.2, 0.25) is 0 Å². The molecule has 1 aromatic rings. The number of carboxylic acids is 1. The fraction of sp³-hybridized carbons (Fsp3) is 0.467. The summed E-state index contributed by atoms with van der Waals surface area (Å²) >= 11 is 0. The number of morpholine rings is 1. The lowest BCUT2D eigenvalue weighted by molar-refractivity contribution is -0.150. The number of nitrogens with zero attached hydrogens (tertiary/aromatic N) is 1. The first-order chi connectivity index (χ1) is 10.9. The molecule has 2 atom stereocenters. The maximum Gasteiger partial charge on any atom is 0.305 e. The van der Waals surface area contributed by atoms with E-state index in [1.54, 1.807) is 0 Å². The maximum absolute atomic E-state index is 13.2. The summed E-state index contributed by atoms with van der Waals surface area (Å²) in [4.78, 5) is 24.7. The zero-order chi connectivity index (χ0) is 17.0. The van der Waals surface area contributed by atoms with E-state index in [2.05, 4.69) is 0 Å². The van der Waals surface area contributed by atoms with Crippen LogP contribution in [0.5, 0.6) is 5.75 Å². The van der Waals surface area contributed by atoms with Crippen LogP contribution in [0.4, 0.5) is 8.78 Å². The average molecular weight is 329 g/mol. The number of carbonyl (C=O) groups excluding carboxylic acids is 1. The molecule has 0 bridgehead atoms. The van der Waals surface area contributed by atoms with Crippen LogP contribution in [0.1, 0.15) is 13.3 Å². The largest absolute Gasteiger partial charge is 0.481 e. The first kappa shape index (κ1) is 17.1. The molecule has 0 aromatic heterocycles. The van der Waals surface area contributed by atoms with Gasteiger partial charge in [-0.15, -0.1) is 0 Å². The number of aliphatic carboxylic acids is 1. The van der Waals surface area contributed by atoms with Gasteiger partial charge in [0.25, 0.3) is 5.91 Å². The summed E-state index contributed by atoms with van der Waals surface area (Å²) < 4.78 is 36.6. The summed E-state index contributed by atoms with van der Waals surface area (Å²) in [7, 11) is 0. The van der Waals surface area contributed by atoms with Crippen molar-refractivity contribution in [1.82, 2.24) is 4.90 Å². The Morgan fingerprint density at radius 1 is 1.43 bits per heavy atom. The minimum atomic E-state index is -1.07. The van der Waals surface area contributed by atoms with E-state index in [4.69, 9.17) is 14.6 Å². The Balaban J connectivity index is 2.04. The van der Waals surface area contributed by atoms with Gasteiger partial charge in [0.15, 0.2) is 17.7 Å². The predicted octanol–water partition coefficient (Wildman–Crippen LogP) is 1.43. The van der Waals surface area contributed by atoms with E-state index in [0.717, 1.165) is 12.1 Å². The molecule has 1 aromatic carbocycles. The van der Waals surface area contributed by atoms with Crippen LogP contribution < -0.4 is 4.74 Å². The van der Waals surface area contributed by atoms with Crippen molar-refractivity contribution in [1.29, 1.82) is 0 Å². The van der Waals surface area contributed by atoms with Gasteiger partial charge in [0, 0.05) is 12.6 Å². The third-order valence-corrected chi connectivity index (χ3v) is 3.47. The number of amides is 1. The standard InChI is InChI=1S/C15H17F2NO5/c1-9(23-11-2-3-12(16)13(17)7-11)15(21)18-4-5-22-8-10(18)6-14(19)20/h2-3,7,9-10H,4-6,8H2,1H3,(H,19,20). The monoisotopic (exact) mass is 329 g/mol. The van der Waals surface area contributed by atoms with E-state index in [1.807, 2.05) is 0 Å². The number of hydrogen-bond donors (Lipinski definition) is 1. The molecular weight excluding hydrogens is 312 g/mol. The molecular formula is C15H17F2NO5. The Labute approximate surface area is 131 Å². The van der Waals surface area contributed by atoms with Crippen molar-refractivity contribution in [3.63, 3.8) is 0 Å². The third-order valence-electron chi connectivity index (χ3n) is 3.47. The number of carbonyl (C=O) groups is 2. The highest BCUT2D eigenvalue weighted by Crippen LogP contribution is 2.19. The lowest BCUT2D eigenvalue weighted by Gasteiger charge is -2.36. The van der Waals surface area contributed by atoms with Crippen LogP contribution in [0, 0.1) is 11.6 Å². The summed E-state index contributed by atoms with van der Waals surface area (Å²) in [6.45, 7) is 2.16. The Kier molecular flexibility index (Phi) is 5.49. The highest BCUT2D eigenvalue weighted by Gasteiger charge is 2.32. The predicted molar refractivity (Wildman–Crippen MR) is 75.0 cm³/mol. The van der Waals surface area contributed by atoms with Gasteiger partial charge in [0.2, 0.25) is 0 Å². The summed E-state index contributed by atoms with van der Waals surface area (Å²) in [5, 5.41) is 8.89. The van der Waals surface area contributed by atoms with E-state index < -0.39 is 35.7 Å². The van der Waals surface area contributed by atoms with Gasteiger partial charge >= 0.3 is 5.97 Å². The Morgan fingerprint density at radius 2 is 2.17 bits per heavy atom. The lowest BCUT2D eigenvalue weighted by atomic mass is 10.1. The van der Waals surface area contributed by atoms with Crippen molar-refractivity contribution >= 4 is 11.9 Å². The number of carboxylic acid groups (broad SMARTS) is 1. The Hall–Kier alpha value is -2.22. The van der Waals surface area contributed by atoms with Crippen molar-refractivity contribution in [2.24, 2.45) is 0 Å². The minimum absolute atomic E-state index is 0.0211. The molecule has 2 unspecified atom stereocenters. The average Bonchev–Trinajstić information content (AvgIpc) is 2.50. The van der Waals surface area contributed by atoms with Crippen LogP contribution in [-0.2, 0) is 14.3 Å². The van der Waals surface area contributed by atoms with Gasteiger partial charge < -0.3 is 19.5 Å². The molecule has 1 amide bonds. The second kappa shape index (κ2) is 7.36. The lowest BCUT2D eigenvalue weighted by Crippen LogP contribution is -2.53. The highest BCUT2D eigenvalue weighted by molar-refractivity contribution is 5.82. The summed E-state index contributed by atoms with van der Waals surface area (Å²) in [5.74, 6) is -3.52. The van der Waals surface area contributed by atoms with Gasteiger partial charge in [-0.3, -0.25) is 9.59 Å². The van der Waals surface area contributed by atoms with Crippen molar-refractivity contribution in [3.8, 4) is 5.75 Å². The molecule has 1 fully saturated rings. The van der Waals surface area contributed by atoms with Crippen LogP contribution in [-0.4, -0.2) is 53.8 Å². The molecule has 126 valence electrons. The van der Waals surface area contributed by atoms with E-state index in [0.29, 0.717) is 6.61 Å². The molecule has 1 saturated heterocycles. The normalized spacial score (nSPS) is 19.3. The third kappa shape index (κ3) is 4.38. The second-order valence-corrected chi connectivity index (χ2v) is 5.19. The number of ether oxygens (including phenoxy) is 2. The molecule has 8 heteroatoms. The SMILES string of the molecule is CC(Oc1ccc(F)c(F)c1)C(=O)N1CCOCC1CC(=O)O. The zero-order valence-corrected chi connectivity index (χ0v) is 12.5. The molecule has 0 radical (unpaired) electrons. The molecule has 2 rings (SSSR count). The molecule has 0 spiro atoms. The highest BCUT2D eigenvalue weighted by atomic mass is 19.2. The quantitative estimate of drug-likeness (QED) is 0.884. The Bertz CT molecular complexity index is 595. The summed E-state index contributed by atoms with van der Waals surface area (Å²) in [6.07, 6.45) is -1.20. The molecule has 1 N–H and O–H groups in total. The maximum atomic E-state index is 13.2. The molecule has 0 aliphatic carbocycles. The number of benzene rings is 1. The van der Waals surface area contributed by atoms with Crippen molar-refractivity contribution < 1.29 is 33.0 Å². The molecule has 1 aliphatic rings. The molecule has 1 heterocycles. The molecule has 6 nitrogen and oxygen atoms in total. The van der Waals surface area contributed by atoms with Gasteiger partial charge in [-0.1, -0.05) is 0 Å². The van der Waals surface area contributed by atoms with E-state index in [1.165, 1.54) is 17.9 Å². The van der Waals surface area contributed by atoms with E-state index in [-0.39, 0.29) is 25.3 Å². The van der Waals surface area contributed by atoms with Crippen LogP contribution in [0.15, 0.2) is 18.2 Å². The number of hydrogen-bond acceptors (Lipinski definition) is 4. The van der Waals surface area contributed by atoms with Crippen molar-refractivity contribution in [2.75, 3.05) is 19.8 Å². The number of rotatable bonds is 5. The topological polar surface area (TPSA) is 76.1 Å². The van der Waals surface area contributed by atoms with Gasteiger partial charge in [-0.2, -0.15) is 0 Å². The minimum Gasteiger partial charge on any atom is -0.481 e.